The zero-order chi connectivity index (χ0) is 17.1. The van der Waals surface area contributed by atoms with Crippen LogP contribution in [0.2, 0.25) is 0 Å². The summed E-state index contributed by atoms with van der Waals surface area (Å²) in [6, 6.07) is 17.7. The molecule has 2 aliphatic rings. The molecule has 2 aliphatic heterocycles. The third kappa shape index (κ3) is 3.80. The lowest BCUT2D eigenvalue weighted by Crippen LogP contribution is -2.42. The summed E-state index contributed by atoms with van der Waals surface area (Å²) >= 11 is 0. The summed E-state index contributed by atoms with van der Waals surface area (Å²) in [6.07, 6.45) is 0. The molecule has 0 atom stereocenters. The first-order valence-corrected chi connectivity index (χ1v) is 9.24. The molecule has 0 aromatic heterocycles. The van der Waals surface area contributed by atoms with Gasteiger partial charge >= 0.3 is 0 Å². The lowest BCUT2D eigenvalue weighted by molar-refractivity contribution is 0.0392. The molecule has 4 nitrogen and oxygen atoms in total. The van der Waals surface area contributed by atoms with E-state index in [1.807, 2.05) is 0 Å². The third-order valence-corrected chi connectivity index (χ3v) is 5.19. The highest BCUT2D eigenvalue weighted by Gasteiger charge is 2.25. The van der Waals surface area contributed by atoms with Gasteiger partial charge in [0.2, 0.25) is 0 Å². The van der Waals surface area contributed by atoms with E-state index in [2.05, 4.69) is 70.2 Å². The van der Waals surface area contributed by atoms with Gasteiger partial charge in [-0.2, -0.15) is 0 Å². The number of hydrogen-bond acceptors (Lipinski definition) is 4. The van der Waals surface area contributed by atoms with Gasteiger partial charge in [0.05, 0.1) is 31.3 Å². The van der Waals surface area contributed by atoms with Crippen molar-refractivity contribution in [1.29, 1.82) is 0 Å². The Labute approximate surface area is 150 Å². The van der Waals surface area contributed by atoms with Gasteiger partial charge in [-0.25, -0.2) is 0 Å². The molecule has 1 fully saturated rings. The molecule has 0 aliphatic carbocycles. The Kier molecular flexibility index (Phi) is 4.90. The molecule has 0 saturated carbocycles. The Bertz CT molecular complexity index is 695. The first-order chi connectivity index (χ1) is 12.3. The van der Waals surface area contributed by atoms with Crippen LogP contribution in [0.1, 0.15) is 11.1 Å². The molecule has 0 amide bonds. The fourth-order valence-corrected chi connectivity index (χ4v) is 3.68. The second-order valence-corrected chi connectivity index (χ2v) is 7.03. The van der Waals surface area contributed by atoms with Crippen LogP contribution in [0.25, 0.3) is 0 Å². The molecule has 132 valence electrons. The molecule has 2 aromatic rings. The lowest BCUT2D eigenvalue weighted by atomic mass is 10.1. The molecule has 2 aromatic carbocycles. The van der Waals surface area contributed by atoms with Crippen LogP contribution >= 0.6 is 0 Å². The van der Waals surface area contributed by atoms with Gasteiger partial charge in [0, 0.05) is 32.7 Å². The number of aryl methyl sites for hydroxylation is 1. The van der Waals surface area contributed by atoms with Crippen LogP contribution in [0.3, 0.4) is 0 Å². The molecule has 1 saturated heterocycles. The Morgan fingerprint density at radius 2 is 1.52 bits per heavy atom. The second-order valence-electron chi connectivity index (χ2n) is 7.03. The second kappa shape index (κ2) is 7.46. The van der Waals surface area contributed by atoms with Crippen molar-refractivity contribution in [2.45, 2.75) is 13.5 Å². The fraction of sp³-hybridized carbons (Fsp3) is 0.429. The predicted octanol–water partition coefficient (Wildman–Crippen LogP) is 3.11. The normalized spacial score (nSPS) is 17.8. The van der Waals surface area contributed by atoms with Gasteiger partial charge in [0.25, 0.3) is 0 Å². The number of rotatable bonds is 5. The van der Waals surface area contributed by atoms with Crippen LogP contribution in [0, 0.1) is 6.92 Å². The van der Waals surface area contributed by atoms with E-state index in [4.69, 9.17) is 4.74 Å². The van der Waals surface area contributed by atoms with Crippen LogP contribution in [-0.2, 0) is 11.3 Å². The number of nitrogens with zero attached hydrogens (tertiary/aromatic N) is 3. The molecule has 0 N–H and O–H groups in total. The summed E-state index contributed by atoms with van der Waals surface area (Å²) in [5.74, 6) is 0. The zero-order valence-corrected chi connectivity index (χ0v) is 15.0. The summed E-state index contributed by atoms with van der Waals surface area (Å²) in [6.45, 7) is 10.1. The smallest absolute Gasteiger partial charge is 0.0908 e. The topological polar surface area (TPSA) is 19.0 Å². The van der Waals surface area contributed by atoms with Crippen LogP contribution in [0.15, 0.2) is 48.5 Å². The van der Waals surface area contributed by atoms with Crippen molar-refractivity contribution in [2.24, 2.45) is 0 Å². The maximum atomic E-state index is 5.46. The average molecular weight is 337 g/mol. The van der Waals surface area contributed by atoms with Crippen LogP contribution in [0.5, 0.6) is 0 Å². The molecule has 25 heavy (non-hydrogen) atoms. The van der Waals surface area contributed by atoms with Gasteiger partial charge in [0.1, 0.15) is 0 Å². The van der Waals surface area contributed by atoms with Gasteiger partial charge in [0.15, 0.2) is 0 Å². The number of benzene rings is 2. The van der Waals surface area contributed by atoms with E-state index in [1.54, 1.807) is 0 Å². The summed E-state index contributed by atoms with van der Waals surface area (Å²) in [4.78, 5) is 7.51. The molecule has 4 heteroatoms. The first kappa shape index (κ1) is 16.4. The quantitative estimate of drug-likeness (QED) is 0.834. The monoisotopic (exact) mass is 337 g/mol. The molecule has 0 bridgehead atoms. The highest BCUT2D eigenvalue weighted by atomic mass is 16.5. The highest BCUT2D eigenvalue weighted by Crippen LogP contribution is 2.36. The minimum atomic E-state index is 0.871. The molecular weight excluding hydrogens is 310 g/mol. The van der Waals surface area contributed by atoms with Gasteiger partial charge < -0.3 is 14.5 Å². The molecule has 4 rings (SSSR count). The minimum absolute atomic E-state index is 0.871. The highest BCUT2D eigenvalue weighted by molar-refractivity contribution is 5.76. The number of ether oxygens (including phenoxy) is 1. The SMILES string of the molecule is Cc1ccc(CN2CN(CCN3CCOCC3)c3ccccc32)cc1. The summed E-state index contributed by atoms with van der Waals surface area (Å²) in [5.41, 5.74) is 5.40. The molecule has 2 heterocycles. The van der Waals surface area contributed by atoms with E-state index in [-0.39, 0.29) is 0 Å². The van der Waals surface area contributed by atoms with Crippen LogP contribution in [-0.4, -0.2) is 51.0 Å². The van der Waals surface area contributed by atoms with Crippen molar-refractivity contribution in [3.8, 4) is 0 Å². The molecule has 0 spiro atoms. The fourth-order valence-electron chi connectivity index (χ4n) is 3.68. The van der Waals surface area contributed by atoms with Gasteiger partial charge in [-0.05, 0) is 24.6 Å². The van der Waals surface area contributed by atoms with Crippen molar-refractivity contribution < 1.29 is 4.74 Å². The van der Waals surface area contributed by atoms with Gasteiger partial charge in [-0.15, -0.1) is 0 Å². The number of hydrogen-bond donors (Lipinski definition) is 0. The van der Waals surface area contributed by atoms with E-state index < -0.39 is 0 Å². The lowest BCUT2D eigenvalue weighted by Gasteiger charge is -2.29. The van der Waals surface area contributed by atoms with Crippen molar-refractivity contribution in [3.05, 3.63) is 59.7 Å². The zero-order valence-electron chi connectivity index (χ0n) is 15.0. The van der Waals surface area contributed by atoms with E-state index in [0.717, 1.165) is 52.6 Å². The molecular formula is C21H27N3O. The Morgan fingerprint density at radius 1 is 0.840 bits per heavy atom. The van der Waals surface area contributed by atoms with E-state index in [0.29, 0.717) is 0 Å². The average Bonchev–Trinajstić information content (AvgIpc) is 3.01. The molecule has 0 unspecified atom stereocenters. The number of anilines is 2. The maximum absolute atomic E-state index is 5.46. The van der Waals surface area contributed by atoms with E-state index in [1.165, 1.54) is 22.5 Å². The number of morpholine rings is 1. The van der Waals surface area contributed by atoms with Crippen molar-refractivity contribution in [1.82, 2.24) is 4.90 Å². The Hall–Kier alpha value is -2.04. The predicted molar refractivity (Wildman–Crippen MR) is 103 cm³/mol. The summed E-state index contributed by atoms with van der Waals surface area (Å²) in [5, 5.41) is 0. The standard InChI is InChI=1S/C21H27N3O/c1-18-6-8-19(9-7-18)16-24-17-23(20-4-2-3-5-21(20)24)11-10-22-12-14-25-15-13-22/h2-9H,10-17H2,1H3. The number of para-hydroxylation sites is 2. The third-order valence-electron chi connectivity index (χ3n) is 5.19. The van der Waals surface area contributed by atoms with Crippen molar-refractivity contribution in [3.63, 3.8) is 0 Å². The minimum Gasteiger partial charge on any atom is -0.379 e. The molecule has 0 radical (unpaired) electrons. The maximum Gasteiger partial charge on any atom is 0.0908 e. The first-order valence-electron chi connectivity index (χ1n) is 9.24. The van der Waals surface area contributed by atoms with E-state index in [9.17, 15) is 0 Å². The van der Waals surface area contributed by atoms with Crippen molar-refractivity contribution in [2.75, 3.05) is 55.9 Å². The van der Waals surface area contributed by atoms with Crippen LogP contribution in [0.4, 0.5) is 11.4 Å². The van der Waals surface area contributed by atoms with Crippen LogP contribution < -0.4 is 9.80 Å². The number of fused-ring (bicyclic) bond motifs is 1. The van der Waals surface area contributed by atoms with Gasteiger partial charge in [-0.3, -0.25) is 4.90 Å². The van der Waals surface area contributed by atoms with Gasteiger partial charge in [-0.1, -0.05) is 42.0 Å². The Balaban J connectivity index is 1.44. The Morgan fingerprint density at radius 3 is 2.24 bits per heavy atom. The van der Waals surface area contributed by atoms with Crippen molar-refractivity contribution >= 4 is 11.4 Å². The summed E-state index contributed by atoms with van der Waals surface area (Å²) in [7, 11) is 0. The van der Waals surface area contributed by atoms with E-state index >= 15 is 0 Å². The largest absolute Gasteiger partial charge is 0.379 e. The summed E-state index contributed by atoms with van der Waals surface area (Å²) < 4.78 is 5.46.